The van der Waals surface area contributed by atoms with Crippen LogP contribution in [-0.4, -0.2) is 11.6 Å². The summed E-state index contributed by atoms with van der Waals surface area (Å²) in [5, 5.41) is 0. The molecule has 0 saturated heterocycles. The second-order valence-corrected chi connectivity index (χ2v) is 10.8. The van der Waals surface area contributed by atoms with E-state index in [1.165, 1.54) is 16.7 Å². The molecule has 0 aromatic heterocycles. The summed E-state index contributed by atoms with van der Waals surface area (Å²) in [5.74, 6) is -0.180. The monoisotopic (exact) mass is 320 g/mol. The molecule has 2 nitrogen and oxygen atoms in total. The molecule has 0 unspecified atom stereocenters. The first-order valence-electron chi connectivity index (χ1n) is 8.61. The molecule has 0 atom stereocenters. The minimum Gasteiger partial charge on any atom is -0.456 e. The van der Waals surface area contributed by atoms with Crippen LogP contribution in [-0.2, 0) is 9.53 Å². The summed E-state index contributed by atoms with van der Waals surface area (Å²) < 4.78 is 5.72. The Labute approximate surface area is 143 Å². The fourth-order valence-corrected chi connectivity index (χ4v) is 3.22. The van der Waals surface area contributed by atoms with Crippen LogP contribution in [0.5, 0.6) is 0 Å². The molecule has 1 aliphatic rings. The van der Waals surface area contributed by atoms with E-state index in [0.29, 0.717) is 0 Å². The van der Waals surface area contributed by atoms with Crippen molar-refractivity contribution in [1.29, 1.82) is 0 Å². The van der Waals surface area contributed by atoms with Gasteiger partial charge in [-0.15, -0.1) is 0 Å². The zero-order chi connectivity index (χ0) is 18.6. The normalized spacial score (nSPS) is 17.4. The average molecular weight is 321 g/mol. The van der Waals surface area contributed by atoms with Crippen molar-refractivity contribution in [3.05, 3.63) is 22.3 Å². The molecule has 0 radical (unpaired) electrons. The van der Waals surface area contributed by atoms with Crippen LogP contribution in [0.15, 0.2) is 22.3 Å². The molecule has 0 aromatic rings. The van der Waals surface area contributed by atoms with Crippen molar-refractivity contribution in [2.45, 2.75) is 88.7 Å². The van der Waals surface area contributed by atoms with Gasteiger partial charge in [0.15, 0.2) is 0 Å². The third-order valence-electron chi connectivity index (χ3n) is 3.85. The van der Waals surface area contributed by atoms with Crippen LogP contribution in [0, 0.1) is 16.2 Å². The van der Waals surface area contributed by atoms with Crippen LogP contribution in [0.1, 0.15) is 83.1 Å². The molecule has 0 aliphatic heterocycles. The van der Waals surface area contributed by atoms with Crippen molar-refractivity contribution in [1.82, 2.24) is 0 Å². The maximum atomic E-state index is 12.9. The molecule has 1 rings (SSSR count). The minimum absolute atomic E-state index is 0.0107. The first kappa shape index (κ1) is 20.0. The van der Waals surface area contributed by atoms with Crippen molar-refractivity contribution in [2.75, 3.05) is 0 Å². The van der Waals surface area contributed by atoms with E-state index in [1.807, 2.05) is 20.8 Å². The summed E-state index contributed by atoms with van der Waals surface area (Å²) in [6.07, 6.45) is 0. The van der Waals surface area contributed by atoms with E-state index in [-0.39, 0.29) is 22.2 Å². The standard InChI is InChI=1S/C21H36O2/c1-18(2,3)14-13(17(22)23-21(10,11)12)15(19(4,5)6)16(14)20(7,8)9/h1-12H3. The Kier molecular flexibility index (Phi) is 4.78. The Morgan fingerprint density at radius 3 is 1.22 bits per heavy atom. The lowest BCUT2D eigenvalue weighted by molar-refractivity contribution is -0.150. The van der Waals surface area contributed by atoms with Gasteiger partial charge in [-0.05, 0) is 53.7 Å². The number of esters is 1. The van der Waals surface area contributed by atoms with Gasteiger partial charge < -0.3 is 4.74 Å². The molecule has 0 spiro atoms. The van der Waals surface area contributed by atoms with E-state index < -0.39 is 5.60 Å². The van der Waals surface area contributed by atoms with E-state index in [0.717, 1.165) is 5.57 Å². The molecular formula is C21H36O2. The first-order valence-corrected chi connectivity index (χ1v) is 8.61. The molecule has 0 aromatic carbocycles. The van der Waals surface area contributed by atoms with Gasteiger partial charge in [-0.1, -0.05) is 62.3 Å². The summed E-state index contributed by atoms with van der Waals surface area (Å²) in [5.41, 5.74) is 3.86. The number of allylic oxidation sites excluding steroid dienone is 2. The predicted molar refractivity (Wildman–Crippen MR) is 98.3 cm³/mol. The van der Waals surface area contributed by atoms with E-state index >= 15 is 0 Å². The Morgan fingerprint density at radius 1 is 0.609 bits per heavy atom. The van der Waals surface area contributed by atoms with Gasteiger partial charge in [-0.3, -0.25) is 0 Å². The van der Waals surface area contributed by atoms with Crippen LogP contribution >= 0.6 is 0 Å². The van der Waals surface area contributed by atoms with Gasteiger partial charge in [-0.25, -0.2) is 4.79 Å². The summed E-state index contributed by atoms with van der Waals surface area (Å²) in [4.78, 5) is 12.9. The third-order valence-corrected chi connectivity index (χ3v) is 3.85. The Bertz CT molecular complexity index is 559. The molecular weight excluding hydrogens is 284 g/mol. The molecule has 1 aliphatic carbocycles. The Balaban J connectivity index is 3.56. The molecule has 0 N–H and O–H groups in total. The topological polar surface area (TPSA) is 26.3 Å². The largest absolute Gasteiger partial charge is 0.456 e. The van der Waals surface area contributed by atoms with Gasteiger partial charge in [0.2, 0.25) is 0 Å². The Hall–Kier alpha value is -1.05. The van der Waals surface area contributed by atoms with E-state index in [4.69, 9.17) is 4.74 Å². The minimum atomic E-state index is -0.479. The molecule has 2 heteroatoms. The lowest BCUT2D eigenvalue weighted by atomic mass is 9.57. The predicted octanol–water partition coefficient (Wildman–Crippen LogP) is 6.07. The average Bonchev–Trinajstić information content (AvgIpc) is 2.02. The Morgan fingerprint density at radius 2 is 0.957 bits per heavy atom. The zero-order valence-corrected chi connectivity index (χ0v) is 17.3. The fraction of sp³-hybridized carbons (Fsp3) is 0.762. The summed E-state index contributed by atoms with van der Waals surface area (Å²) in [7, 11) is 0. The highest BCUT2D eigenvalue weighted by molar-refractivity contribution is 6.00. The van der Waals surface area contributed by atoms with Gasteiger partial charge in [0.1, 0.15) is 5.60 Å². The van der Waals surface area contributed by atoms with Crippen LogP contribution in [0.4, 0.5) is 0 Å². The fourth-order valence-electron chi connectivity index (χ4n) is 3.22. The van der Waals surface area contributed by atoms with Crippen LogP contribution in [0.3, 0.4) is 0 Å². The highest BCUT2D eigenvalue weighted by atomic mass is 16.6. The van der Waals surface area contributed by atoms with Crippen molar-refractivity contribution < 1.29 is 9.53 Å². The second-order valence-electron chi connectivity index (χ2n) is 10.8. The number of rotatable bonds is 1. The van der Waals surface area contributed by atoms with Crippen LogP contribution in [0.25, 0.3) is 0 Å². The third kappa shape index (κ3) is 4.28. The van der Waals surface area contributed by atoms with E-state index in [2.05, 4.69) is 62.3 Å². The van der Waals surface area contributed by atoms with Gasteiger partial charge in [0.25, 0.3) is 0 Å². The van der Waals surface area contributed by atoms with E-state index in [9.17, 15) is 4.79 Å². The number of hydrogen-bond acceptors (Lipinski definition) is 2. The highest BCUT2D eigenvalue weighted by Crippen LogP contribution is 2.57. The summed E-state index contributed by atoms with van der Waals surface area (Å²) in [6, 6.07) is 0. The number of ether oxygens (including phenoxy) is 1. The van der Waals surface area contributed by atoms with Crippen molar-refractivity contribution in [2.24, 2.45) is 16.2 Å². The lowest BCUT2D eigenvalue weighted by Gasteiger charge is -2.47. The SMILES string of the molecule is CC(C)(C)OC(=O)C1=C(C(C)(C)C)C(C(C)(C)C)=C1C(C)(C)C. The first-order chi connectivity index (χ1) is 9.87. The van der Waals surface area contributed by atoms with Crippen molar-refractivity contribution >= 4 is 5.97 Å². The number of carbonyl (C=O) groups excluding carboxylic acids is 1. The molecule has 0 bridgehead atoms. The molecule has 0 fully saturated rings. The quantitative estimate of drug-likeness (QED) is 0.548. The number of hydrogen-bond donors (Lipinski definition) is 0. The van der Waals surface area contributed by atoms with Gasteiger partial charge >= 0.3 is 5.97 Å². The molecule has 0 amide bonds. The lowest BCUT2D eigenvalue weighted by Crippen LogP contribution is -2.39. The smallest absolute Gasteiger partial charge is 0.339 e. The van der Waals surface area contributed by atoms with E-state index in [1.54, 1.807) is 0 Å². The maximum absolute atomic E-state index is 12.9. The molecule has 23 heavy (non-hydrogen) atoms. The zero-order valence-electron chi connectivity index (χ0n) is 17.3. The second kappa shape index (κ2) is 5.50. The van der Waals surface area contributed by atoms with Crippen LogP contribution < -0.4 is 0 Å². The molecule has 0 heterocycles. The summed E-state index contributed by atoms with van der Waals surface area (Å²) in [6.45, 7) is 25.5. The summed E-state index contributed by atoms with van der Waals surface area (Å²) >= 11 is 0. The van der Waals surface area contributed by atoms with Crippen molar-refractivity contribution in [3.63, 3.8) is 0 Å². The van der Waals surface area contributed by atoms with Crippen molar-refractivity contribution in [3.8, 4) is 0 Å². The van der Waals surface area contributed by atoms with Crippen LogP contribution in [0.2, 0.25) is 0 Å². The van der Waals surface area contributed by atoms with Gasteiger partial charge in [0.05, 0.1) is 5.57 Å². The van der Waals surface area contributed by atoms with Gasteiger partial charge in [-0.2, -0.15) is 0 Å². The molecule has 0 saturated carbocycles. The highest BCUT2D eigenvalue weighted by Gasteiger charge is 2.47. The number of carbonyl (C=O) groups is 1. The van der Waals surface area contributed by atoms with Gasteiger partial charge in [0, 0.05) is 0 Å². The molecule has 132 valence electrons. The maximum Gasteiger partial charge on any atom is 0.339 e.